The maximum Gasteiger partial charge on any atom is 0.321 e. The zero-order chi connectivity index (χ0) is 24.4. The van der Waals surface area contributed by atoms with Crippen LogP contribution in [0.4, 0.5) is 0 Å². The van der Waals surface area contributed by atoms with Crippen molar-refractivity contribution in [3.63, 3.8) is 0 Å². The van der Waals surface area contributed by atoms with Crippen molar-refractivity contribution in [2.45, 2.75) is 23.8 Å². The minimum atomic E-state index is -3.61. The SMILES string of the molecule is O=C(O)[C@H](Cc1ccccc1)NCCOc1cccc(CCNS(=O)(=O)c2ccc(Cl)cc2)c1. The van der Waals surface area contributed by atoms with Crippen LogP contribution in [0.1, 0.15) is 11.1 Å². The van der Waals surface area contributed by atoms with Crippen molar-refractivity contribution in [3.05, 3.63) is 95.0 Å². The average Bonchev–Trinajstić information content (AvgIpc) is 2.82. The molecule has 0 aliphatic rings. The number of carboxylic acid groups (broad SMARTS) is 1. The smallest absolute Gasteiger partial charge is 0.321 e. The molecule has 0 spiro atoms. The highest BCUT2D eigenvalue weighted by atomic mass is 35.5. The molecular weight excluding hydrogens is 476 g/mol. The minimum Gasteiger partial charge on any atom is -0.492 e. The molecule has 0 aliphatic heterocycles. The number of nitrogens with one attached hydrogen (secondary N) is 2. The largest absolute Gasteiger partial charge is 0.492 e. The zero-order valence-corrected chi connectivity index (χ0v) is 20.1. The van der Waals surface area contributed by atoms with Gasteiger partial charge in [0.05, 0.1) is 4.90 Å². The van der Waals surface area contributed by atoms with Crippen LogP contribution in [0.15, 0.2) is 83.8 Å². The van der Waals surface area contributed by atoms with E-state index in [-0.39, 0.29) is 11.4 Å². The summed E-state index contributed by atoms with van der Waals surface area (Å²) in [4.78, 5) is 11.7. The van der Waals surface area contributed by atoms with Crippen LogP contribution >= 0.6 is 11.6 Å². The van der Waals surface area contributed by atoms with E-state index < -0.39 is 22.0 Å². The Hall–Kier alpha value is -2.91. The fourth-order valence-corrected chi connectivity index (χ4v) is 4.47. The molecule has 180 valence electrons. The van der Waals surface area contributed by atoms with Gasteiger partial charge in [0.25, 0.3) is 0 Å². The predicted octanol–water partition coefficient (Wildman–Crippen LogP) is 3.53. The molecule has 9 heteroatoms. The van der Waals surface area contributed by atoms with Crippen molar-refractivity contribution in [1.29, 1.82) is 0 Å². The number of aliphatic carboxylic acids is 1. The molecular formula is C25H27ClN2O5S. The highest BCUT2D eigenvalue weighted by molar-refractivity contribution is 7.89. The molecule has 0 aromatic heterocycles. The highest BCUT2D eigenvalue weighted by Crippen LogP contribution is 2.15. The molecule has 0 radical (unpaired) electrons. The first-order valence-electron chi connectivity index (χ1n) is 10.8. The Morgan fingerprint density at radius 1 is 0.941 bits per heavy atom. The molecule has 0 fully saturated rings. The quantitative estimate of drug-likeness (QED) is 0.309. The van der Waals surface area contributed by atoms with E-state index in [0.717, 1.165) is 11.1 Å². The Kier molecular flexibility index (Phi) is 9.47. The van der Waals surface area contributed by atoms with Crippen LogP contribution in [0.25, 0.3) is 0 Å². The fraction of sp³-hybridized carbons (Fsp3) is 0.240. The Bertz CT molecular complexity index is 1170. The number of hydrogen-bond donors (Lipinski definition) is 3. The molecule has 7 nitrogen and oxygen atoms in total. The van der Waals surface area contributed by atoms with E-state index in [0.29, 0.717) is 36.8 Å². The van der Waals surface area contributed by atoms with Crippen molar-refractivity contribution in [2.75, 3.05) is 19.7 Å². The van der Waals surface area contributed by atoms with Gasteiger partial charge in [-0.25, -0.2) is 13.1 Å². The summed E-state index contributed by atoms with van der Waals surface area (Å²) in [6.07, 6.45) is 0.873. The van der Waals surface area contributed by atoms with Gasteiger partial charge in [0, 0.05) is 18.1 Å². The first-order valence-corrected chi connectivity index (χ1v) is 12.7. The molecule has 0 saturated heterocycles. The van der Waals surface area contributed by atoms with Gasteiger partial charge in [0.15, 0.2) is 0 Å². The molecule has 3 aromatic rings. The molecule has 3 aromatic carbocycles. The number of rotatable bonds is 13. The van der Waals surface area contributed by atoms with E-state index in [2.05, 4.69) is 10.0 Å². The summed E-state index contributed by atoms with van der Waals surface area (Å²) in [5, 5.41) is 12.9. The lowest BCUT2D eigenvalue weighted by Gasteiger charge is -2.15. The fourth-order valence-electron chi connectivity index (χ4n) is 3.32. The van der Waals surface area contributed by atoms with Gasteiger partial charge in [-0.15, -0.1) is 0 Å². The lowest BCUT2D eigenvalue weighted by Crippen LogP contribution is -2.40. The number of hydrogen-bond acceptors (Lipinski definition) is 5. The second-order valence-electron chi connectivity index (χ2n) is 7.63. The summed E-state index contributed by atoms with van der Waals surface area (Å²) >= 11 is 5.81. The second kappa shape index (κ2) is 12.5. The average molecular weight is 503 g/mol. The molecule has 0 saturated carbocycles. The molecule has 0 heterocycles. The maximum absolute atomic E-state index is 12.4. The van der Waals surface area contributed by atoms with Gasteiger partial charge in [-0.1, -0.05) is 54.1 Å². The monoisotopic (exact) mass is 502 g/mol. The summed E-state index contributed by atoms with van der Waals surface area (Å²) < 4.78 is 33.1. The molecule has 0 aliphatic carbocycles. The van der Waals surface area contributed by atoms with Crippen molar-refractivity contribution >= 4 is 27.6 Å². The van der Waals surface area contributed by atoms with Crippen molar-refractivity contribution in [3.8, 4) is 5.75 Å². The van der Waals surface area contributed by atoms with Crippen LogP contribution < -0.4 is 14.8 Å². The Morgan fingerprint density at radius 2 is 1.65 bits per heavy atom. The highest BCUT2D eigenvalue weighted by Gasteiger charge is 2.17. The second-order valence-corrected chi connectivity index (χ2v) is 9.84. The first-order chi connectivity index (χ1) is 16.3. The summed E-state index contributed by atoms with van der Waals surface area (Å²) in [7, 11) is -3.61. The third kappa shape index (κ3) is 8.14. The normalized spacial score (nSPS) is 12.3. The Morgan fingerprint density at radius 3 is 2.35 bits per heavy atom. The van der Waals surface area contributed by atoms with E-state index in [1.54, 1.807) is 6.07 Å². The van der Waals surface area contributed by atoms with Crippen LogP contribution in [0.5, 0.6) is 5.75 Å². The summed E-state index contributed by atoms with van der Waals surface area (Å²) in [5.74, 6) is -0.276. The van der Waals surface area contributed by atoms with Crippen molar-refractivity contribution < 1.29 is 23.1 Å². The van der Waals surface area contributed by atoms with Gasteiger partial charge < -0.3 is 15.2 Å². The molecule has 3 N–H and O–H groups in total. The summed E-state index contributed by atoms with van der Waals surface area (Å²) in [6.45, 7) is 0.899. The van der Waals surface area contributed by atoms with Gasteiger partial charge in [-0.3, -0.25) is 4.79 Å². The number of halogens is 1. The van der Waals surface area contributed by atoms with E-state index in [9.17, 15) is 18.3 Å². The topological polar surface area (TPSA) is 105 Å². The number of carboxylic acids is 1. The van der Waals surface area contributed by atoms with E-state index in [1.807, 2.05) is 48.5 Å². The third-order valence-electron chi connectivity index (χ3n) is 5.07. The number of sulfonamides is 1. The third-order valence-corrected chi connectivity index (χ3v) is 6.80. The van der Waals surface area contributed by atoms with Gasteiger partial charge in [-0.2, -0.15) is 0 Å². The zero-order valence-electron chi connectivity index (χ0n) is 18.5. The van der Waals surface area contributed by atoms with Crippen molar-refractivity contribution in [2.24, 2.45) is 0 Å². The van der Waals surface area contributed by atoms with Crippen LogP contribution in [0.3, 0.4) is 0 Å². The van der Waals surface area contributed by atoms with Gasteiger partial charge in [0.2, 0.25) is 10.0 Å². The van der Waals surface area contributed by atoms with Gasteiger partial charge in [0.1, 0.15) is 18.4 Å². The van der Waals surface area contributed by atoms with Crippen LogP contribution in [0.2, 0.25) is 5.02 Å². The lowest BCUT2D eigenvalue weighted by atomic mass is 10.1. The standard InChI is InChI=1S/C25H27ClN2O5S/c26-21-9-11-23(12-10-21)34(31,32)28-14-13-20-7-4-8-22(17-20)33-16-15-27-24(25(29)30)18-19-5-2-1-3-6-19/h1-12,17,24,27-28H,13-16,18H2,(H,29,30)/t24-/m0/s1. The van der Waals surface area contributed by atoms with Crippen LogP contribution in [-0.4, -0.2) is 45.2 Å². The molecule has 34 heavy (non-hydrogen) atoms. The first kappa shape index (κ1) is 25.7. The molecule has 0 unspecified atom stereocenters. The Labute approximate surface area is 204 Å². The molecule has 0 amide bonds. The summed E-state index contributed by atoms with van der Waals surface area (Å²) in [5.41, 5.74) is 1.86. The van der Waals surface area contributed by atoms with Crippen molar-refractivity contribution in [1.82, 2.24) is 10.0 Å². The number of carbonyl (C=O) groups is 1. The van der Waals surface area contributed by atoms with Gasteiger partial charge >= 0.3 is 5.97 Å². The molecule has 1 atom stereocenters. The van der Waals surface area contributed by atoms with E-state index in [1.165, 1.54) is 24.3 Å². The number of benzene rings is 3. The lowest BCUT2D eigenvalue weighted by molar-refractivity contribution is -0.139. The van der Waals surface area contributed by atoms with Gasteiger partial charge in [-0.05, 0) is 60.4 Å². The van der Waals surface area contributed by atoms with E-state index >= 15 is 0 Å². The van der Waals surface area contributed by atoms with E-state index in [4.69, 9.17) is 16.3 Å². The maximum atomic E-state index is 12.4. The molecule has 0 bridgehead atoms. The minimum absolute atomic E-state index is 0.161. The summed E-state index contributed by atoms with van der Waals surface area (Å²) in [6, 6.07) is 22.1. The predicted molar refractivity (Wildman–Crippen MR) is 132 cm³/mol. The molecule has 3 rings (SSSR count). The number of ether oxygens (including phenoxy) is 1. The Balaban J connectivity index is 1.44. The van der Waals surface area contributed by atoms with Crippen LogP contribution in [0, 0.1) is 0 Å². The van der Waals surface area contributed by atoms with Crippen LogP contribution in [-0.2, 0) is 27.7 Å².